The first-order chi connectivity index (χ1) is 18.7. The average Bonchev–Trinajstić information content (AvgIpc) is 3.20. The molecule has 202 valence electrons. The molecule has 1 unspecified atom stereocenters. The molecule has 0 spiro atoms. The molecule has 39 heavy (non-hydrogen) atoms. The summed E-state index contributed by atoms with van der Waals surface area (Å²) in [5.74, 6) is -0.913. The van der Waals surface area contributed by atoms with Crippen molar-refractivity contribution >= 4 is 61.8 Å². The van der Waals surface area contributed by atoms with Crippen molar-refractivity contribution < 1.29 is 22.3 Å². The van der Waals surface area contributed by atoms with Crippen LogP contribution >= 0.6 is 23.8 Å². The van der Waals surface area contributed by atoms with E-state index in [0.717, 1.165) is 0 Å². The standard InChI is InChI=1S/C26H23ClFN5O4S2/c27-16-5-7-17(8-6-16)29-23-19-10-9-18(39(35,36)33-11-13-37-14-12-33)15-20(19)24(25(23)34)31-32-26(38)30-22-4-2-1-3-21(22)28/h1-10,15,23,29H,11-14H2,(H2,30,32,38). The summed E-state index contributed by atoms with van der Waals surface area (Å²) in [6, 6.07) is 16.5. The van der Waals surface area contributed by atoms with Gasteiger partial charge in [0, 0.05) is 29.4 Å². The number of hydrogen-bond acceptors (Lipinski definition) is 7. The highest BCUT2D eigenvalue weighted by Gasteiger charge is 2.38. The molecule has 3 N–H and O–H groups in total. The van der Waals surface area contributed by atoms with E-state index >= 15 is 0 Å². The van der Waals surface area contributed by atoms with Gasteiger partial charge in [-0.1, -0.05) is 29.8 Å². The smallest absolute Gasteiger partial charge is 0.243 e. The number of rotatable bonds is 6. The summed E-state index contributed by atoms with van der Waals surface area (Å²) < 4.78 is 47.3. The molecule has 1 aliphatic carbocycles. The van der Waals surface area contributed by atoms with Crippen molar-refractivity contribution in [3.8, 4) is 0 Å². The molecular weight excluding hydrogens is 565 g/mol. The number of fused-ring (bicyclic) bond motifs is 1. The quantitative estimate of drug-likeness (QED) is 0.294. The number of thiocarbonyl (C=S) groups is 1. The molecule has 0 saturated carbocycles. The van der Waals surface area contributed by atoms with Crippen LogP contribution in [-0.2, 0) is 19.6 Å². The molecule has 1 fully saturated rings. The van der Waals surface area contributed by atoms with Crippen LogP contribution in [0.1, 0.15) is 17.2 Å². The van der Waals surface area contributed by atoms with Crippen LogP contribution in [0, 0.1) is 5.82 Å². The van der Waals surface area contributed by atoms with Gasteiger partial charge in [-0.05, 0) is 66.3 Å². The highest BCUT2D eigenvalue weighted by atomic mass is 35.5. The minimum atomic E-state index is -3.83. The maximum absolute atomic E-state index is 14.0. The van der Waals surface area contributed by atoms with Gasteiger partial charge in [0.05, 0.1) is 23.8 Å². The normalized spacial score (nSPS) is 18.6. The highest BCUT2D eigenvalue weighted by molar-refractivity contribution is 7.89. The zero-order valence-corrected chi connectivity index (χ0v) is 22.7. The van der Waals surface area contributed by atoms with Crippen molar-refractivity contribution in [1.29, 1.82) is 0 Å². The maximum atomic E-state index is 14.0. The number of sulfonamides is 1. The number of Topliss-reactive ketones (excluding diaryl/α,β-unsaturated/α-hetero) is 1. The Bertz CT molecular complexity index is 1560. The summed E-state index contributed by atoms with van der Waals surface area (Å²) >= 11 is 11.2. The number of halogens is 2. The van der Waals surface area contributed by atoms with Crippen molar-refractivity contribution in [3.63, 3.8) is 0 Å². The van der Waals surface area contributed by atoms with Gasteiger partial charge < -0.3 is 15.4 Å². The van der Waals surface area contributed by atoms with E-state index in [0.29, 0.717) is 35.1 Å². The second-order valence-electron chi connectivity index (χ2n) is 8.72. The van der Waals surface area contributed by atoms with E-state index in [4.69, 9.17) is 28.6 Å². The molecule has 13 heteroatoms. The SMILES string of the molecule is O=C1C(=NNC(=S)Nc2ccccc2F)c2cc(S(=O)(=O)N3CCOCC3)ccc2C1Nc1ccc(Cl)cc1. The number of morpholine rings is 1. The van der Waals surface area contributed by atoms with Gasteiger partial charge in [0.15, 0.2) is 5.11 Å². The van der Waals surface area contributed by atoms with Crippen molar-refractivity contribution in [2.24, 2.45) is 5.10 Å². The minimum Gasteiger partial charge on any atom is -0.379 e. The Balaban J connectivity index is 1.48. The Morgan fingerprint density at radius 1 is 1.08 bits per heavy atom. The van der Waals surface area contributed by atoms with Crippen LogP contribution in [0.15, 0.2) is 76.7 Å². The number of ketones is 1. The van der Waals surface area contributed by atoms with E-state index in [-0.39, 0.29) is 34.5 Å². The topological polar surface area (TPSA) is 112 Å². The number of para-hydroxylation sites is 1. The Kier molecular flexibility index (Phi) is 7.91. The van der Waals surface area contributed by atoms with Crippen LogP contribution in [0.3, 0.4) is 0 Å². The lowest BCUT2D eigenvalue weighted by atomic mass is 10.1. The average molecular weight is 588 g/mol. The summed E-state index contributed by atoms with van der Waals surface area (Å²) in [6.45, 7) is 1.08. The predicted molar refractivity (Wildman–Crippen MR) is 151 cm³/mol. The lowest BCUT2D eigenvalue weighted by Crippen LogP contribution is -2.40. The van der Waals surface area contributed by atoms with Crippen LogP contribution in [0.4, 0.5) is 15.8 Å². The lowest BCUT2D eigenvalue weighted by molar-refractivity contribution is -0.113. The molecule has 1 saturated heterocycles. The summed E-state index contributed by atoms with van der Waals surface area (Å²) in [7, 11) is -3.83. The van der Waals surface area contributed by atoms with E-state index in [1.807, 2.05) is 0 Å². The fourth-order valence-electron chi connectivity index (χ4n) is 4.29. The first-order valence-electron chi connectivity index (χ1n) is 11.9. The first-order valence-corrected chi connectivity index (χ1v) is 14.1. The van der Waals surface area contributed by atoms with Gasteiger partial charge >= 0.3 is 0 Å². The van der Waals surface area contributed by atoms with Crippen molar-refractivity contribution in [3.05, 3.63) is 88.7 Å². The third-order valence-electron chi connectivity index (χ3n) is 6.24. The first kappa shape index (κ1) is 27.2. The van der Waals surface area contributed by atoms with Gasteiger partial charge in [0.1, 0.15) is 17.6 Å². The van der Waals surface area contributed by atoms with Gasteiger partial charge in [-0.2, -0.15) is 9.41 Å². The number of carbonyl (C=O) groups excluding carboxylic acids is 1. The van der Waals surface area contributed by atoms with Crippen LogP contribution in [-0.4, -0.2) is 55.6 Å². The summed E-state index contributed by atoms with van der Waals surface area (Å²) in [5, 5.41) is 10.6. The highest BCUT2D eigenvalue weighted by Crippen LogP contribution is 2.34. The molecule has 0 aromatic heterocycles. The number of benzene rings is 3. The molecule has 0 amide bonds. The van der Waals surface area contributed by atoms with Gasteiger partial charge in [-0.15, -0.1) is 0 Å². The van der Waals surface area contributed by atoms with E-state index in [9.17, 15) is 17.6 Å². The maximum Gasteiger partial charge on any atom is 0.243 e. The van der Waals surface area contributed by atoms with E-state index in [1.54, 1.807) is 42.5 Å². The molecule has 5 rings (SSSR count). The molecule has 1 heterocycles. The number of ether oxygens (including phenoxy) is 1. The zero-order valence-electron chi connectivity index (χ0n) is 20.4. The summed E-state index contributed by atoms with van der Waals surface area (Å²) in [4.78, 5) is 13.6. The fraction of sp³-hybridized carbons (Fsp3) is 0.192. The summed E-state index contributed by atoms with van der Waals surface area (Å²) in [5.41, 5.74) is 4.22. The zero-order chi connectivity index (χ0) is 27.6. The number of carbonyl (C=O) groups is 1. The van der Waals surface area contributed by atoms with Crippen LogP contribution in [0.2, 0.25) is 5.02 Å². The Morgan fingerprint density at radius 3 is 2.51 bits per heavy atom. The van der Waals surface area contributed by atoms with Gasteiger partial charge in [0.2, 0.25) is 15.8 Å². The van der Waals surface area contributed by atoms with E-state index < -0.39 is 27.7 Å². The lowest BCUT2D eigenvalue weighted by Gasteiger charge is -2.26. The Labute approximate surface area is 235 Å². The number of anilines is 2. The number of nitrogens with one attached hydrogen (secondary N) is 3. The van der Waals surface area contributed by atoms with Crippen molar-refractivity contribution in [2.75, 3.05) is 36.9 Å². The van der Waals surface area contributed by atoms with Crippen molar-refractivity contribution in [1.82, 2.24) is 9.73 Å². The molecule has 9 nitrogen and oxygen atoms in total. The number of hydrazone groups is 1. The number of hydrogen-bond donors (Lipinski definition) is 3. The molecule has 0 radical (unpaired) electrons. The number of nitrogens with zero attached hydrogens (tertiary/aromatic N) is 2. The molecule has 3 aromatic carbocycles. The molecule has 1 atom stereocenters. The second-order valence-corrected chi connectivity index (χ2v) is 11.5. The van der Waals surface area contributed by atoms with Crippen molar-refractivity contribution in [2.45, 2.75) is 10.9 Å². The third kappa shape index (κ3) is 5.80. The Morgan fingerprint density at radius 2 is 1.79 bits per heavy atom. The van der Waals surface area contributed by atoms with Crippen LogP contribution in [0.5, 0.6) is 0 Å². The molecule has 2 aliphatic rings. The van der Waals surface area contributed by atoms with Crippen LogP contribution < -0.4 is 16.1 Å². The van der Waals surface area contributed by atoms with Crippen LogP contribution in [0.25, 0.3) is 0 Å². The van der Waals surface area contributed by atoms with E-state index in [1.165, 1.54) is 28.6 Å². The van der Waals surface area contributed by atoms with Gasteiger partial charge in [-0.25, -0.2) is 12.8 Å². The predicted octanol–water partition coefficient (Wildman–Crippen LogP) is 3.93. The van der Waals surface area contributed by atoms with E-state index in [2.05, 4.69) is 21.2 Å². The monoisotopic (exact) mass is 587 g/mol. The fourth-order valence-corrected chi connectivity index (χ4v) is 6.01. The molecule has 3 aromatic rings. The summed E-state index contributed by atoms with van der Waals surface area (Å²) in [6.07, 6.45) is 0. The largest absolute Gasteiger partial charge is 0.379 e. The molecule has 1 aliphatic heterocycles. The second kappa shape index (κ2) is 11.4. The molecule has 0 bridgehead atoms. The molecular formula is C26H23ClFN5O4S2. The van der Waals surface area contributed by atoms with Gasteiger partial charge in [0.25, 0.3) is 0 Å². The Hall–Kier alpha value is -3.42. The third-order valence-corrected chi connectivity index (χ3v) is 8.58. The van der Waals surface area contributed by atoms with Gasteiger partial charge in [-0.3, -0.25) is 10.2 Å². The minimum absolute atomic E-state index is 0.0202.